The van der Waals surface area contributed by atoms with Crippen LogP contribution in [0.5, 0.6) is 0 Å². The molecule has 2 aromatic rings. The molecule has 0 bridgehead atoms. The molecule has 4 rings (SSSR count). The number of amides is 2. The quantitative estimate of drug-likeness (QED) is 0.625. The Morgan fingerprint density at radius 1 is 0.971 bits per heavy atom. The molecule has 2 heterocycles. The summed E-state index contributed by atoms with van der Waals surface area (Å²) in [6, 6.07) is 12.8. The fraction of sp³-hybridized carbons (Fsp3) is 0.440. The second kappa shape index (κ2) is 11.6. The van der Waals surface area contributed by atoms with Gasteiger partial charge >= 0.3 is 0 Å². The zero-order valence-electron chi connectivity index (χ0n) is 19.4. The van der Waals surface area contributed by atoms with Gasteiger partial charge in [-0.05, 0) is 29.8 Å². The number of ether oxygens (including phenoxy) is 2. The second-order valence-corrected chi connectivity index (χ2v) is 8.83. The lowest BCUT2D eigenvalue weighted by molar-refractivity contribution is -0.120. The largest absolute Gasteiger partial charge is 0.378 e. The van der Waals surface area contributed by atoms with Crippen molar-refractivity contribution in [3.63, 3.8) is 0 Å². The number of hydrogen-bond acceptors (Lipinski definition) is 6. The smallest absolute Gasteiger partial charge is 0.226 e. The van der Waals surface area contributed by atoms with Gasteiger partial charge in [-0.3, -0.25) is 9.59 Å². The highest BCUT2D eigenvalue weighted by atomic mass is 35.5. The number of nitrogens with one attached hydrogen (secondary N) is 2. The molecule has 9 heteroatoms. The first-order chi connectivity index (χ1) is 16.5. The molecule has 2 saturated heterocycles. The van der Waals surface area contributed by atoms with Crippen LogP contribution in [0.3, 0.4) is 0 Å². The minimum absolute atomic E-state index is 0.0665. The number of benzene rings is 2. The lowest BCUT2D eigenvalue weighted by atomic mass is 10.0. The van der Waals surface area contributed by atoms with Gasteiger partial charge < -0.3 is 29.9 Å². The van der Waals surface area contributed by atoms with Crippen LogP contribution in [-0.2, 0) is 19.1 Å². The Balaban J connectivity index is 1.55. The number of carbonyl (C=O) groups is 2. The van der Waals surface area contributed by atoms with Crippen molar-refractivity contribution >= 4 is 40.5 Å². The van der Waals surface area contributed by atoms with Gasteiger partial charge in [-0.1, -0.05) is 29.8 Å². The van der Waals surface area contributed by atoms with E-state index >= 15 is 0 Å². The first-order valence-corrected chi connectivity index (χ1v) is 12.0. The van der Waals surface area contributed by atoms with Crippen LogP contribution in [-0.4, -0.2) is 64.4 Å². The van der Waals surface area contributed by atoms with E-state index in [9.17, 15) is 9.59 Å². The number of hydrogen-bond donors (Lipinski definition) is 2. The number of nitrogens with zero attached hydrogens (tertiary/aromatic N) is 2. The van der Waals surface area contributed by atoms with Crippen molar-refractivity contribution in [1.82, 2.24) is 5.32 Å². The molecule has 2 aliphatic heterocycles. The van der Waals surface area contributed by atoms with E-state index in [1.807, 2.05) is 30.3 Å². The average Bonchev–Trinajstić information content (AvgIpc) is 2.85. The van der Waals surface area contributed by atoms with Gasteiger partial charge in [0, 0.05) is 43.8 Å². The van der Waals surface area contributed by atoms with Crippen molar-refractivity contribution in [1.29, 1.82) is 0 Å². The molecule has 2 fully saturated rings. The zero-order valence-corrected chi connectivity index (χ0v) is 20.1. The van der Waals surface area contributed by atoms with E-state index in [0.717, 1.165) is 43.2 Å². The minimum atomic E-state index is -0.523. The maximum atomic E-state index is 13.1. The van der Waals surface area contributed by atoms with Gasteiger partial charge in [-0.25, -0.2) is 0 Å². The van der Waals surface area contributed by atoms with Gasteiger partial charge in [0.25, 0.3) is 0 Å². The Labute approximate surface area is 205 Å². The normalized spacial score (nSPS) is 17.2. The van der Waals surface area contributed by atoms with E-state index in [2.05, 4.69) is 26.5 Å². The predicted molar refractivity (Wildman–Crippen MR) is 134 cm³/mol. The topological polar surface area (TPSA) is 83.1 Å². The minimum Gasteiger partial charge on any atom is -0.378 e. The van der Waals surface area contributed by atoms with Gasteiger partial charge in [0.2, 0.25) is 11.8 Å². The molecular formula is C25H31ClN4O4. The third kappa shape index (κ3) is 6.20. The maximum Gasteiger partial charge on any atom is 0.226 e. The lowest BCUT2D eigenvalue weighted by Gasteiger charge is -2.33. The standard InChI is InChI=1S/C25H31ClN4O4/c1-18(31)27-23(20-4-2-3-5-21(20)26)17-25(32)28-22-7-6-19(29-8-12-33-13-9-29)16-24(22)30-10-14-34-15-11-30/h2-7,16,23H,8-15,17H2,1H3,(H,27,31)(H,28,32). The molecule has 0 aliphatic carbocycles. The number of halogens is 1. The summed E-state index contributed by atoms with van der Waals surface area (Å²) in [5, 5.41) is 6.44. The Morgan fingerprint density at radius 3 is 2.26 bits per heavy atom. The summed E-state index contributed by atoms with van der Waals surface area (Å²) in [4.78, 5) is 29.5. The highest BCUT2D eigenvalue weighted by Crippen LogP contribution is 2.33. The van der Waals surface area contributed by atoms with Gasteiger partial charge in [0.05, 0.1) is 50.3 Å². The van der Waals surface area contributed by atoms with Crippen LogP contribution < -0.4 is 20.4 Å². The molecule has 0 saturated carbocycles. The van der Waals surface area contributed by atoms with Crippen molar-refractivity contribution in [3.05, 3.63) is 53.1 Å². The molecule has 2 N–H and O–H groups in total. The van der Waals surface area contributed by atoms with Crippen molar-refractivity contribution in [2.24, 2.45) is 0 Å². The number of morpholine rings is 2. The van der Waals surface area contributed by atoms with Crippen molar-refractivity contribution in [2.45, 2.75) is 19.4 Å². The summed E-state index contributed by atoms with van der Waals surface area (Å²) in [7, 11) is 0. The first-order valence-electron chi connectivity index (χ1n) is 11.6. The van der Waals surface area contributed by atoms with Crippen molar-refractivity contribution in [3.8, 4) is 0 Å². The van der Waals surface area contributed by atoms with E-state index in [4.69, 9.17) is 21.1 Å². The van der Waals surface area contributed by atoms with E-state index in [1.54, 1.807) is 6.07 Å². The van der Waals surface area contributed by atoms with Gasteiger partial charge in [-0.2, -0.15) is 0 Å². The molecular weight excluding hydrogens is 456 g/mol. The van der Waals surface area contributed by atoms with Crippen LogP contribution in [0.2, 0.25) is 5.02 Å². The average molecular weight is 487 g/mol. The molecule has 0 radical (unpaired) electrons. The van der Waals surface area contributed by atoms with E-state index in [0.29, 0.717) is 37.0 Å². The molecule has 1 unspecified atom stereocenters. The number of rotatable bonds is 7. The Hall–Kier alpha value is -2.81. The van der Waals surface area contributed by atoms with Gasteiger partial charge in [0.15, 0.2) is 0 Å². The molecule has 2 amide bonds. The SMILES string of the molecule is CC(=O)NC(CC(=O)Nc1ccc(N2CCOCC2)cc1N1CCOCC1)c1ccccc1Cl. The molecule has 2 aromatic carbocycles. The molecule has 1 atom stereocenters. The first kappa shape index (κ1) is 24.3. The fourth-order valence-corrected chi connectivity index (χ4v) is 4.61. The second-order valence-electron chi connectivity index (χ2n) is 8.43. The summed E-state index contributed by atoms with van der Waals surface area (Å²) >= 11 is 6.35. The molecule has 34 heavy (non-hydrogen) atoms. The van der Waals surface area contributed by atoms with Crippen LogP contribution in [0.25, 0.3) is 0 Å². The molecule has 2 aliphatic rings. The van der Waals surface area contributed by atoms with Crippen molar-refractivity contribution in [2.75, 3.05) is 67.7 Å². The molecule has 0 spiro atoms. The summed E-state index contributed by atoms with van der Waals surface area (Å²) < 4.78 is 11.0. The Kier molecular flexibility index (Phi) is 8.26. The van der Waals surface area contributed by atoms with Crippen LogP contribution in [0, 0.1) is 0 Å². The van der Waals surface area contributed by atoms with Gasteiger partial charge in [0.1, 0.15) is 0 Å². The van der Waals surface area contributed by atoms with Crippen LogP contribution in [0.4, 0.5) is 17.1 Å². The monoisotopic (exact) mass is 486 g/mol. The van der Waals surface area contributed by atoms with Crippen LogP contribution in [0.15, 0.2) is 42.5 Å². The number of carbonyl (C=O) groups excluding carboxylic acids is 2. The maximum absolute atomic E-state index is 13.1. The fourth-order valence-electron chi connectivity index (χ4n) is 4.34. The van der Waals surface area contributed by atoms with Crippen LogP contribution >= 0.6 is 11.6 Å². The highest BCUT2D eigenvalue weighted by Gasteiger charge is 2.23. The molecule has 182 valence electrons. The molecule has 8 nitrogen and oxygen atoms in total. The third-order valence-corrected chi connectivity index (χ3v) is 6.38. The summed E-state index contributed by atoms with van der Waals surface area (Å²) in [5.74, 6) is -0.422. The van der Waals surface area contributed by atoms with Crippen molar-refractivity contribution < 1.29 is 19.1 Å². The van der Waals surface area contributed by atoms with E-state index in [-0.39, 0.29) is 18.2 Å². The van der Waals surface area contributed by atoms with E-state index < -0.39 is 6.04 Å². The lowest BCUT2D eigenvalue weighted by Crippen LogP contribution is -2.38. The molecule has 0 aromatic heterocycles. The third-order valence-electron chi connectivity index (χ3n) is 6.03. The highest BCUT2D eigenvalue weighted by molar-refractivity contribution is 6.31. The summed E-state index contributed by atoms with van der Waals surface area (Å²) in [5.41, 5.74) is 3.53. The Bertz CT molecular complexity index is 1010. The van der Waals surface area contributed by atoms with Gasteiger partial charge in [-0.15, -0.1) is 0 Å². The summed E-state index contributed by atoms with van der Waals surface area (Å²) in [6.07, 6.45) is 0.0665. The summed E-state index contributed by atoms with van der Waals surface area (Å²) in [6.45, 7) is 7.32. The Morgan fingerprint density at radius 2 is 1.62 bits per heavy atom. The number of anilines is 3. The zero-order chi connectivity index (χ0) is 23.9. The predicted octanol–water partition coefficient (Wildman–Crippen LogP) is 3.22. The van der Waals surface area contributed by atoms with E-state index in [1.165, 1.54) is 6.92 Å². The van der Waals surface area contributed by atoms with Crippen LogP contribution in [0.1, 0.15) is 24.9 Å².